The summed E-state index contributed by atoms with van der Waals surface area (Å²) in [6, 6.07) is 7.62. The minimum Gasteiger partial charge on any atom is -0.493 e. The Hall–Kier alpha value is -3.26. The molecule has 30 heavy (non-hydrogen) atoms. The fraction of sp³-hybridized carbons (Fsp3) is 0.364. The maximum Gasteiger partial charge on any atom is 0.340 e. The number of aryl methyl sites for hydroxylation is 1. The molecule has 0 aliphatic carbocycles. The smallest absolute Gasteiger partial charge is 0.340 e. The molecule has 0 bridgehead atoms. The van der Waals surface area contributed by atoms with E-state index in [1.54, 1.807) is 12.1 Å². The first kappa shape index (κ1) is 20.0. The fourth-order valence-electron chi connectivity index (χ4n) is 3.98. The number of carbonyl (C=O) groups is 1. The van der Waals surface area contributed by atoms with E-state index in [0.29, 0.717) is 17.1 Å². The van der Waals surface area contributed by atoms with Gasteiger partial charge in [-0.3, -0.25) is 0 Å². The molecule has 1 fully saturated rings. The van der Waals surface area contributed by atoms with Crippen molar-refractivity contribution in [3.63, 3.8) is 0 Å². The number of hydrogen-bond acceptors (Lipinski definition) is 6. The van der Waals surface area contributed by atoms with Gasteiger partial charge in [0.05, 0.1) is 25.3 Å². The molecular formula is C22H26N4O4. The van der Waals surface area contributed by atoms with Gasteiger partial charge < -0.3 is 29.4 Å². The number of fused-ring (bicyclic) bond motifs is 1. The maximum absolute atomic E-state index is 12.0. The highest BCUT2D eigenvalue weighted by Crippen LogP contribution is 2.38. The van der Waals surface area contributed by atoms with Crippen molar-refractivity contribution in [1.82, 2.24) is 14.9 Å². The van der Waals surface area contributed by atoms with Crippen LogP contribution in [0.15, 0.2) is 24.3 Å². The van der Waals surface area contributed by atoms with Crippen LogP contribution in [0, 0.1) is 6.92 Å². The van der Waals surface area contributed by atoms with Crippen molar-refractivity contribution in [3.05, 3.63) is 35.4 Å². The summed E-state index contributed by atoms with van der Waals surface area (Å²) in [4.78, 5) is 24.7. The second-order valence-electron chi connectivity index (χ2n) is 7.56. The van der Waals surface area contributed by atoms with Crippen molar-refractivity contribution in [2.24, 2.45) is 0 Å². The molecular weight excluding hydrogens is 384 g/mol. The van der Waals surface area contributed by atoms with Gasteiger partial charge in [0.25, 0.3) is 0 Å². The Morgan fingerprint density at radius 2 is 1.87 bits per heavy atom. The molecule has 1 aliphatic heterocycles. The number of likely N-dealkylation sites (N-methyl/N-ethyl adjacent to an activating group) is 1. The average Bonchev–Trinajstić information content (AvgIpc) is 3.17. The highest BCUT2D eigenvalue weighted by atomic mass is 16.5. The van der Waals surface area contributed by atoms with Crippen molar-refractivity contribution in [2.45, 2.75) is 6.92 Å². The zero-order valence-corrected chi connectivity index (χ0v) is 17.7. The van der Waals surface area contributed by atoms with E-state index in [1.807, 2.05) is 6.92 Å². The second-order valence-corrected chi connectivity index (χ2v) is 7.56. The monoisotopic (exact) mass is 410 g/mol. The number of carboxylic acids is 1. The third-order valence-electron chi connectivity index (χ3n) is 5.64. The number of carboxylic acid groups (broad SMARTS) is 1. The van der Waals surface area contributed by atoms with Gasteiger partial charge >= 0.3 is 5.97 Å². The van der Waals surface area contributed by atoms with Gasteiger partial charge in [0.15, 0.2) is 11.5 Å². The number of methoxy groups -OCH3 is 2. The molecule has 2 heterocycles. The third-order valence-corrected chi connectivity index (χ3v) is 5.64. The predicted octanol–water partition coefficient (Wildman–Crippen LogP) is 3.01. The SMILES string of the molecule is COc1ccc(-c2nc3c(C)cc(N4CCN(C)CC4)cc3[nH]2)c(C(=O)O)c1OC. The Labute approximate surface area is 175 Å². The molecule has 3 aromatic rings. The molecule has 2 aromatic carbocycles. The summed E-state index contributed by atoms with van der Waals surface area (Å²) in [5.74, 6) is -0.0702. The van der Waals surface area contributed by atoms with Crippen LogP contribution in [0.3, 0.4) is 0 Å². The third kappa shape index (κ3) is 3.43. The lowest BCUT2D eigenvalue weighted by Crippen LogP contribution is -2.44. The summed E-state index contributed by atoms with van der Waals surface area (Å²) in [5, 5.41) is 9.84. The molecule has 158 valence electrons. The number of ether oxygens (including phenoxy) is 2. The molecule has 4 rings (SSSR count). The summed E-state index contributed by atoms with van der Waals surface area (Å²) in [7, 11) is 5.04. The largest absolute Gasteiger partial charge is 0.493 e. The standard InChI is InChI=1S/C22H26N4O4/c1-13-11-14(26-9-7-25(2)8-10-26)12-16-19(13)24-21(23-16)15-5-6-17(29-3)20(30-4)18(15)22(27)28/h5-6,11-12H,7-10H2,1-4H3,(H,23,24)(H,27,28). The first-order valence-electron chi connectivity index (χ1n) is 9.85. The molecule has 0 unspecified atom stereocenters. The molecule has 8 nitrogen and oxygen atoms in total. The molecule has 1 saturated heterocycles. The number of rotatable bonds is 5. The number of aromatic nitrogens is 2. The number of aromatic amines is 1. The summed E-state index contributed by atoms with van der Waals surface area (Å²) in [6.07, 6.45) is 0. The normalized spacial score (nSPS) is 14.9. The lowest BCUT2D eigenvalue weighted by molar-refractivity contribution is 0.0693. The van der Waals surface area contributed by atoms with E-state index >= 15 is 0 Å². The molecule has 0 saturated carbocycles. The number of nitrogens with zero attached hydrogens (tertiary/aromatic N) is 3. The number of H-pyrrole nitrogens is 1. The van der Waals surface area contributed by atoms with E-state index in [4.69, 9.17) is 14.5 Å². The lowest BCUT2D eigenvalue weighted by atomic mass is 10.0. The number of aromatic carboxylic acids is 1. The Balaban J connectivity index is 1.81. The first-order chi connectivity index (χ1) is 14.4. The van der Waals surface area contributed by atoms with Gasteiger partial charge in [-0.15, -0.1) is 0 Å². The van der Waals surface area contributed by atoms with E-state index in [1.165, 1.54) is 14.2 Å². The van der Waals surface area contributed by atoms with Crippen LogP contribution in [-0.4, -0.2) is 73.4 Å². The van der Waals surface area contributed by atoms with Gasteiger partial charge in [0.2, 0.25) is 0 Å². The lowest BCUT2D eigenvalue weighted by Gasteiger charge is -2.34. The van der Waals surface area contributed by atoms with Crippen LogP contribution in [0.5, 0.6) is 11.5 Å². The molecule has 0 amide bonds. The van der Waals surface area contributed by atoms with Gasteiger partial charge in [-0.25, -0.2) is 9.78 Å². The van der Waals surface area contributed by atoms with Gasteiger partial charge in [-0.1, -0.05) is 0 Å². The van der Waals surface area contributed by atoms with E-state index in [2.05, 4.69) is 34.0 Å². The van der Waals surface area contributed by atoms with Crippen molar-refractivity contribution < 1.29 is 19.4 Å². The number of piperazine rings is 1. The van der Waals surface area contributed by atoms with Crippen LogP contribution in [-0.2, 0) is 0 Å². The van der Waals surface area contributed by atoms with Crippen LogP contribution >= 0.6 is 0 Å². The summed E-state index contributed by atoms with van der Waals surface area (Å²) in [6.45, 7) is 6.03. The summed E-state index contributed by atoms with van der Waals surface area (Å²) in [5.41, 5.74) is 4.37. The van der Waals surface area contributed by atoms with Crippen LogP contribution < -0.4 is 14.4 Å². The summed E-state index contributed by atoms with van der Waals surface area (Å²) >= 11 is 0. The molecule has 0 spiro atoms. The molecule has 8 heteroatoms. The van der Waals surface area contributed by atoms with Crippen molar-refractivity contribution in [2.75, 3.05) is 52.3 Å². The summed E-state index contributed by atoms with van der Waals surface area (Å²) < 4.78 is 10.6. The van der Waals surface area contributed by atoms with Crippen LogP contribution in [0.2, 0.25) is 0 Å². The van der Waals surface area contributed by atoms with E-state index in [-0.39, 0.29) is 11.3 Å². The Kier molecular flexibility index (Phi) is 5.26. The highest BCUT2D eigenvalue weighted by molar-refractivity contribution is 6.00. The first-order valence-corrected chi connectivity index (χ1v) is 9.85. The maximum atomic E-state index is 12.0. The minimum absolute atomic E-state index is 0.0212. The van der Waals surface area contributed by atoms with Gasteiger partial charge in [0, 0.05) is 37.4 Å². The van der Waals surface area contributed by atoms with Gasteiger partial charge in [-0.05, 0) is 43.8 Å². The quantitative estimate of drug-likeness (QED) is 0.668. The van der Waals surface area contributed by atoms with Crippen molar-refractivity contribution in [3.8, 4) is 22.9 Å². The predicted molar refractivity (Wildman–Crippen MR) is 116 cm³/mol. The number of imidazole rings is 1. The molecule has 1 aliphatic rings. The molecule has 1 aromatic heterocycles. The Morgan fingerprint density at radius 1 is 1.13 bits per heavy atom. The average molecular weight is 410 g/mol. The van der Waals surface area contributed by atoms with Gasteiger partial charge in [-0.2, -0.15) is 0 Å². The molecule has 2 N–H and O–H groups in total. The topological polar surface area (TPSA) is 90.9 Å². The van der Waals surface area contributed by atoms with Crippen molar-refractivity contribution >= 4 is 22.7 Å². The zero-order chi connectivity index (χ0) is 21.4. The zero-order valence-electron chi connectivity index (χ0n) is 17.7. The van der Waals surface area contributed by atoms with Crippen LogP contribution in [0.1, 0.15) is 15.9 Å². The second kappa shape index (κ2) is 7.87. The van der Waals surface area contributed by atoms with Crippen molar-refractivity contribution in [1.29, 1.82) is 0 Å². The molecule has 0 radical (unpaired) electrons. The Morgan fingerprint density at radius 3 is 2.50 bits per heavy atom. The van der Waals surface area contributed by atoms with E-state index in [0.717, 1.165) is 48.5 Å². The van der Waals surface area contributed by atoms with Gasteiger partial charge in [0.1, 0.15) is 11.4 Å². The van der Waals surface area contributed by atoms with E-state index in [9.17, 15) is 9.90 Å². The number of benzene rings is 2. The number of anilines is 1. The highest BCUT2D eigenvalue weighted by Gasteiger charge is 2.24. The van der Waals surface area contributed by atoms with Crippen LogP contribution in [0.4, 0.5) is 5.69 Å². The number of hydrogen-bond donors (Lipinski definition) is 2. The minimum atomic E-state index is -1.10. The van der Waals surface area contributed by atoms with E-state index < -0.39 is 5.97 Å². The van der Waals surface area contributed by atoms with Crippen LogP contribution in [0.25, 0.3) is 22.4 Å². The molecule has 0 atom stereocenters. The fourth-order valence-corrected chi connectivity index (χ4v) is 3.98. The number of nitrogens with one attached hydrogen (secondary N) is 1. The Bertz CT molecular complexity index is 1100.